The minimum atomic E-state index is -1.23. The highest BCUT2D eigenvalue weighted by molar-refractivity contribution is 9.11. The molecule has 0 spiro atoms. The van der Waals surface area contributed by atoms with Crippen LogP contribution in [0.25, 0.3) is 0 Å². The van der Waals surface area contributed by atoms with Crippen LogP contribution in [0.2, 0.25) is 0 Å². The summed E-state index contributed by atoms with van der Waals surface area (Å²) in [6, 6.07) is 28.6. The molecule has 0 aliphatic carbocycles. The Labute approximate surface area is 206 Å². The van der Waals surface area contributed by atoms with Crippen LogP contribution in [0.4, 0.5) is 0 Å². The number of β-lactam (4-membered cyclic amide) rings is 1. The highest BCUT2D eigenvalue weighted by Gasteiger charge is 2.57. The number of aliphatic hydroxyl groups is 1. The molecule has 0 bridgehead atoms. The van der Waals surface area contributed by atoms with Crippen molar-refractivity contribution < 1.29 is 19.4 Å². The minimum Gasteiger partial charge on any atom is -0.440 e. The fourth-order valence-corrected chi connectivity index (χ4v) is 5.78. The molecule has 2 aliphatic heterocycles. The van der Waals surface area contributed by atoms with E-state index < -0.39 is 23.6 Å². The lowest BCUT2D eigenvalue weighted by Gasteiger charge is -2.45. The van der Waals surface area contributed by atoms with Gasteiger partial charge in [0.1, 0.15) is 5.70 Å². The van der Waals surface area contributed by atoms with Gasteiger partial charge in [-0.15, -0.1) is 0 Å². The van der Waals surface area contributed by atoms with Gasteiger partial charge in [0.25, 0.3) is 0 Å². The lowest BCUT2D eigenvalue weighted by molar-refractivity contribution is -0.165. The lowest BCUT2D eigenvalue weighted by atomic mass is 9.80. The molecular weight excluding hydrogens is 494 g/mol. The second-order valence-electron chi connectivity index (χ2n) is 8.67. The van der Waals surface area contributed by atoms with Gasteiger partial charge < -0.3 is 14.7 Å². The summed E-state index contributed by atoms with van der Waals surface area (Å²) in [6.45, 7) is 1.61. The van der Waals surface area contributed by atoms with E-state index in [2.05, 4.69) is 15.9 Å². The molecule has 1 amide bonds. The lowest BCUT2D eigenvalue weighted by Crippen LogP contribution is -2.62. The van der Waals surface area contributed by atoms with E-state index in [1.807, 2.05) is 91.0 Å². The first-order valence-electron chi connectivity index (χ1n) is 11.2. The van der Waals surface area contributed by atoms with Crippen LogP contribution in [0, 0.1) is 5.92 Å². The fourth-order valence-electron chi connectivity index (χ4n) is 5.09. The maximum atomic E-state index is 13.8. The van der Waals surface area contributed by atoms with Crippen molar-refractivity contribution in [2.24, 2.45) is 5.92 Å². The van der Waals surface area contributed by atoms with Crippen molar-refractivity contribution in [1.82, 2.24) is 4.90 Å². The van der Waals surface area contributed by atoms with Crippen LogP contribution in [-0.4, -0.2) is 34.0 Å². The van der Waals surface area contributed by atoms with Crippen LogP contribution in [0.15, 0.2) is 101 Å². The fraction of sp³-hybridized carbons (Fsp3) is 0.214. The number of carbonyl (C=O) groups is 2. The third kappa shape index (κ3) is 3.49. The third-order valence-corrected chi connectivity index (χ3v) is 7.35. The summed E-state index contributed by atoms with van der Waals surface area (Å²) in [6.07, 6.45) is -0.303. The molecule has 3 atom stereocenters. The summed E-state index contributed by atoms with van der Waals surface area (Å²) in [7, 11) is 0. The molecule has 2 aliphatic rings. The Morgan fingerprint density at radius 1 is 0.941 bits per heavy atom. The molecule has 6 heteroatoms. The van der Waals surface area contributed by atoms with Gasteiger partial charge in [0.05, 0.1) is 18.1 Å². The van der Waals surface area contributed by atoms with Gasteiger partial charge in [0.15, 0.2) is 5.60 Å². The zero-order valence-electron chi connectivity index (χ0n) is 18.6. The van der Waals surface area contributed by atoms with E-state index in [1.54, 1.807) is 6.92 Å². The van der Waals surface area contributed by atoms with Gasteiger partial charge in [0, 0.05) is 27.6 Å². The Hall–Kier alpha value is -3.22. The van der Waals surface area contributed by atoms with Crippen molar-refractivity contribution in [3.05, 3.63) is 118 Å². The van der Waals surface area contributed by atoms with E-state index in [4.69, 9.17) is 4.74 Å². The summed E-state index contributed by atoms with van der Waals surface area (Å²) in [5.41, 5.74) is 1.37. The van der Waals surface area contributed by atoms with Gasteiger partial charge in [-0.2, -0.15) is 0 Å². The van der Waals surface area contributed by atoms with Crippen molar-refractivity contribution >= 4 is 27.8 Å². The van der Waals surface area contributed by atoms with Crippen molar-refractivity contribution in [3.8, 4) is 0 Å². The molecule has 0 saturated carbocycles. The topological polar surface area (TPSA) is 66.8 Å². The first-order valence-corrected chi connectivity index (χ1v) is 12.0. The Morgan fingerprint density at radius 3 is 1.79 bits per heavy atom. The number of benzene rings is 3. The number of aliphatic hydroxyl groups excluding tert-OH is 1. The number of hydrogen-bond acceptors (Lipinski definition) is 4. The largest absolute Gasteiger partial charge is 0.440 e. The maximum absolute atomic E-state index is 13.8. The molecule has 5 nitrogen and oxygen atoms in total. The normalized spacial score (nSPS) is 20.6. The molecular formula is C28H24BrNO4. The molecule has 3 aromatic carbocycles. The van der Waals surface area contributed by atoms with E-state index >= 15 is 0 Å². The molecule has 172 valence electrons. The van der Waals surface area contributed by atoms with Gasteiger partial charge >= 0.3 is 5.97 Å². The Bertz CT molecular complexity index is 1140. The Morgan fingerprint density at radius 2 is 1.38 bits per heavy atom. The predicted molar refractivity (Wildman–Crippen MR) is 132 cm³/mol. The molecule has 5 rings (SSSR count). The van der Waals surface area contributed by atoms with E-state index in [0.717, 1.165) is 16.7 Å². The second kappa shape index (κ2) is 8.85. The van der Waals surface area contributed by atoms with Crippen LogP contribution in [0.5, 0.6) is 0 Å². The molecule has 3 aromatic rings. The number of halogens is 1. The van der Waals surface area contributed by atoms with Crippen molar-refractivity contribution in [1.29, 1.82) is 0 Å². The minimum absolute atomic E-state index is 0.207. The van der Waals surface area contributed by atoms with Crippen LogP contribution >= 0.6 is 15.9 Å². The van der Waals surface area contributed by atoms with E-state index in [-0.39, 0.29) is 17.6 Å². The number of esters is 1. The van der Waals surface area contributed by atoms with E-state index in [9.17, 15) is 14.7 Å². The number of fused-ring (bicyclic) bond motifs is 1. The highest BCUT2D eigenvalue weighted by atomic mass is 79.9. The van der Waals surface area contributed by atoms with Crippen LogP contribution in [-0.2, 0) is 19.9 Å². The first kappa shape index (κ1) is 22.6. The van der Waals surface area contributed by atoms with Crippen LogP contribution in [0.1, 0.15) is 30.0 Å². The smallest absolute Gasteiger partial charge is 0.357 e. The second-order valence-corrected chi connectivity index (χ2v) is 9.63. The quantitative estimate of drug-likeness (QED) is 0.291. The van der Waals surface area contributed by atoms with E-state index in [1.165, 1.54) is 4.90 Å². The number of hydrogen-bond donors (Lipinski definition) is 1. The molecule has 2 heterocycles. The number of nitrogens with zero attached hydrogens (tertiary/aromatic N) is 1. The van der Waals surface area contributed by atoms with E-state index in [0.29, 0.717) is 10.9 Å². The highest BCUT2D eigenvalue weighted by Crippen LogP contribution is 2.48. The van der Waals surface area contributed by atoms with Crippen molar-refractivity contribution in [2.75, 3.05) is 0 Å². The molecule has 34 heavy (non-hydrogen) atoms. The molecule has 0 radical (unpaired) electrons. The summed E-state index contributed by atoms with van der Waals surface area (Å²) in [4.78, 5) is 28.1. The average molecular weight is 518 g/mol. The molecule has 1 N–H and O–H groups in total. The maximum Gasteiger partial charge on any atom is 0.357 e. The molecule has 3 unspecified atom stereocenters. The number of rotatable bonds is 6. The zero-order chi connectivity index (χ0) is 23.9. The Balaban J connectivity index is 1.62. The van der Waals surface area contributed by atoms with Gasteiger partial charge in [-0.3, -0.25) is 4.79 Å². The van der Waals surface area contributed by atoms with Gasteiger partial charge in [-0.1, -0.05) is 107 Å². The average Bonchev–Trinajstić information content (AvgIpc) is 3.16. The first-order chi connectivity index (χ1) is 16.4. The van der Waals surface area contributed by atoms with Gasteiger partial charge in [-0.25, -0.2) is 4.79 Å². The van der Waals surface area contributed by atoms with Crippen molar-refractivity contribution in [3.63, 3.8) is 0 Å². The summed E-state index contributed by atoms with van der Waals surface area (Å²) >= 11 is 3.51. The van der Waals surface area contributed by atoms with Crippen molar-refractivity contribution in [2.45, 2.75) is 31.1 Å². The standard InChI is InChI=1S/C28H24BrNO4/c1-18(31)24-23-17-22(29)25(30(23)26(24)32)27(33)34-28(19-11-5-2-6-12-19,20-13-7-3-8-14-20)21-15-9-4-10-16-21/h2-16,18,23-24,31H,17H2,1H3. The SMILES string of the molecule is CC(O)C1C(=O)N2C(C(=O)OC(c3ccccc3)(c3ccccc3)c3ccccc3)=C(Br)CC12. The van der Waals surface area contributed by atoms with Crippen LogP contribution < -0.4 is 0 Å². The third-order valence-electron chi connectivity index (χ3n) is 6.65. The van der Waals surface area contributed by atoms with Gasteiger partial charge in [0.2, 0.25) is 5.91 Å². The number of ether oxygens (including phenoxy) is 1. The Kier molecular flexibility index (Phi) is 5.88. The summed E-state index contributed by atoms with van der Waals surface area (Å²) < 4.78 is 7.08. The van der Waals surface area contributed by atoms with Crippen LogP contribution in [0.3, 0.4) is 0 Å². The zero-order valence-corrected chi connectivity index (χ0v) is 20.2. The predicted octanol–water partition coefficient (Wildman–Crippen LogP) is 4.74. The summed E-state index contributed by atoms with van der Waals surface area (Å²) in [5.74, 6) is -1.37. The number of amides is 1. The number of carbonyl (C=O) groups excluding carboxylic acids is 2. The molecule has 1 saturated heterocycles. The monoisotopic (exact) mass is 517 g/mol. The summed E-state index contributed by atoms with van der Waals surface area (Å²) in [5, 5.41) is 10.0. The molecule has 0 aromatic heterocycles. The van der Waals surface area contributed by atoms with Gasteiger partial charge in [-0.05, 0) is 6.92 Å². The molecule has 1 fully saturated rings.